The van der Waals surface area contributed by atoms with Crippen molar-refractivity contribution in [3.63, 3.8) is 0 Å². The van der Waals surface area contributed by atoms with Gasteiger partial charge >= 0.3 is 5.97 Å². The second-order valence-electron chi connectivity index (χ2n) is 7.56. The van der Waals surface area contributed by atoms with Gasteiger partial charge in [-0.05, 0) is 54.5 Å². The van der Waals surface area contributed by atoms with Crippen LogP contribution in [0.4, 0.5) is 0 Å². The fraction of sp³-hybridized carbons (Fsp3) is 0.143. The molecule has 4 aromatic rings. The highest BCUT2D eigenvalue weighted by Gasteiger charge is 2.11. The summed E-state index contributed by atoms with van der Waals surface area (Å²) in [5.74, 6) is 0.742. The van der Waals surface area contributed by atoms with E-state index in [4.69, 9.17) is 9.47 Å². The lowest BCUT2D eigenvalue weighted by Gasteiger charge is -2.11. The maximum Gasteiger partial charge on any atom is 0.336 e. The first kappa shape index (κ1) is 23.6. The minimum atomic E-state index is -0.516. The monoisotopic (exact) mass is 467 g/mol. The van der Waals surface area contributed by atoms with Gasteiger partial charge < -0.3 is 9.47 Å². The van der Waals surface area contributed by atoms with Gasteiger partial charge in [0, 0.05) is 12.5 Å². The van der Waals surface area contributed by atoms with Crippen molar-refractivity contribution in [2.24, 2.45) is 5.10 Å². The highest BCUT2D eigenvalue weighted by atomic mass is 16.6. The van der Waals surface area contributed by atoms with Crippen molar-refractivity contribution in [3.05, 3.63) is 106 Å². The van der Waals surface area contributed by atoms with Gasteiger partial charge in [0.15, 0.2) is 11.5 Å². The van der Waals surface area contributed by atoms with Gasteiger partial charge in [-0.3, -0.25) is 4.79 Å². The van der Waals surface area contributed by atoms with E-state index in [-0.39, 0.29) is 5.56 Å². The van der Waals surface area contributed by atoms with Crippen molar-refractivity contribution in [3.8, 4) is 11.5 Å². The lowest BCUT2D eigenvalue weighted by atomic mass is 10.2. The average molecular weight is 468 g/mol. The van der Waals surface area contributed by atoms with Gasteiger partial charge in [0.2, 0.25) is 0 Å². The van der Waals surface area contributed by atoms with Gasteiger partial charge in [0.1, 0.15) is 5.82 Å². The van der Waals surface area contributed by atoms with E-state index in [1.54, 1.807) is 42.6 Å². The zero-order chi connectivity index (χ0) is 24.6. The highest BCUT2D eigenvalue weighted by Crippen LogP contribution is 2.28. The third-order valence-corrected chi connectivity index (χ3v) is 5.15. The summed E-state index contributed by atoms with van der Waals surface area (Å²) in [4.78, 5) is 29.8. The Labute approximate surface area is 203 Å². The topological polar surface area (TPSA) is 82.8 Å². The van der Waals surface area contributed by atoms with Gasteiger partial charge in [-0.15, -0.1) is 0 Å². The molecule has 0 amide bonds. The van der Waals surface area contributed by atoms with Crippen LogP contribution >= 0.6 is 0 Å². The molecular formula is C28H25N3O4. The van der Waals surface area contributed by atoms with Crippen molar-refractivity contribution in [2.75, 3.05) is 6.61 Å². The number of fused-ring (bicyclic) bond motifs is 1. The summed E-state index contributed by atoms with van der Waals surface area (Å²) in [5.41, 5.74) is 1.98. The van der Waals surface area contributed by atoms with E-state index in [9.17, 15) is 9.59 Å². The molecule has 0 saturated heterocycles. The second kappa shape index (κ2) is 11.1. The maximum absolute atomic E-state index is 13.0. The van der Waals surface area contributed by atoms with Gasteiger partial charge in [-0.1, -0.05) is 49.4 Å². The molecule has 0 aliphatic carbocycles. The standard InChI is InChI=1S/C28H25N3O4/c1-3-26-30-23-13-9-8-12-22(23)28(33)31(26)29-19-21-14-16-24(25(18-21)34-4-2)35-27(32)17-15-20-10-6-5-7-11-20/h5-19H,3-4H2,1-2H3/b17-15+,29-19-. The van der Waals surface area contributed by atoms with Crippen LogP contribution < -0.4 is 15.0 Å². The van der Waals surface area contributed by atoms with Crippen LogP contribution in [-0.2, 0) is 11.2 Å². The van der Waals surface area contributed by atoms with E-state index in [1.165, 1.54) is 10.8 Å². The van der Waals surface area contributed by atoms with Gasteiger partial charge in [0.25, 0.3) is 5.56 Å². The fourth-order valence-corrected chi connectivity index (χ4v) is 3.47. The fourth-order valence-electron chi connectivity index (χ4n) is 3.47. The number of ether oxygens (including phenoxy) is 2. The molecule has 1 heterocycles. The number of carbonyl (C=O) groups is 1. The molecule has 0 spiro atoms. The first-order valence-electron chi connectivity index (χ1n) is 11.4. The summed E-state index contributed by atoms with van der Waals surface area (Å²) in [6.45, 7) is 4.15. The molecule has 0 fully saturated rings. The van der Waals surface area contributed by atoms with Crippen molar-refractivity contribution in [2.45, 2.75) is 20.3 Å². The number of rotatable bonds is 8. The largest absolute Gasteiger partial charge is 0.490 e. The van der Waals surface area contributed by atoms with E-state index < -0.39 is 5.97 Å². The number of esters is 1. The van der Waals surface area contributed by atoms with Crippen LogP contribution in [0.25, 0.3) is 17.0 Å². The summed E-state index contributed by atoms with van der Waals surface area (Å²) in [6, 6.07) is 21.8. The molecule has 0 N–H and O–H groups in total. The zero-order valence-electron chi connectivity index (χ0n) is 19.5. The third-order valence-electron chi connectivity index (χ3n) is 5.15. The summed E-state index contributed by atoms with van der Waals surface area (Å²) >= 11 is 0. The smallest absolute Gasteiger partial charge is 0.336 e. The quantitative estimate of drug-likeness (QED) is 0.160. The Balaban J connectivity index is 1.58. The molecule has 0 aliphatic heterocycles. The molecule has 7 nitrogen and oxygen atoms in total. The van der Waals surface area contributed by atoms with Crippen LogP contribution in [-0.4, -0.2) is 28.5 Å². The molecular weight excluding hydrogens is 442 g/mol. The Kier molecular flexibility index (Phi) is 7.47. The number of para-hydroxylation sites is 1. The number of hydrogen-bond acceptors (Lipinski definition) is 6. The van der Waals surface area contributed by atoms with Crippen LogP contribution in [0.1, 0.15) is 30.8 Å². The molecule has 176 valence electrons. The van der Waals surface area contributed by atoms with E-state index in [2.05, 4.69) is 10.1 Å². The summed E-state index contributed by atoms with van der Waals surface area (Å²) in [5, 5.41) is 4.90. The van der Waals surface area contributed by atoms with Gasteiger partial charge in [-0.2, -0.15) is 9.78 Å². The highest BCUT2D eigenvalue weighted by molar-refractivity contribution is 5.89. The number of carbonyl (C=O) groups excluding carboxylic acids is 1. The maximum atomic E-state index is 13.0. The molecule has 1 aromatic heterocycles. The van der Waals surface area contributed by atoms with Crippen molar-refractivity contribution in [1.82, 2.24) is 9.66 Å². The lowest BCUT2D eigenvalue weighted by Crippen LogP contribution is -2.22. The van der Waals surface area contributed by atoms with Gasteiger partial charge in [-0.25, -0.2) is 9.78 Å². The van der Waals surface area contributed by atoms with E-state index in [0.717, 1.165) is 5.56 Å². The summed E-state index contributed by atoms with van der Waals surface area (Å²) < 4.78 is 12.5. The first-order valence-corrected chi connectivity index (χ1v) is 11.4. The molecule has 0 radical (unpaired) electrons. The van der Waals surface area contributed by atoms with Crippen molar-refractivity contribution < 1.29 is 14.3 Å². The van der Waals surface area contributed by atoms with Crippen LogP contribution in [0.3, 0.4) is 0 Å². The Morgan fingerprint density at radius 1 is 0.971 bits per heavy atom. The van der Waals surface area contributed by atoms with Crippen molar-refractivity contribution in [1.29, 1.82) is 0 Å². The molecule has 0 saturated carbocycles. The molecule has 7 heteroatoms. The molecule has 35 heavy (non-hydrogen) atoms. The second-order valence-corrected chi connectivity index (χ2v) is 7.56. The van der Waals surface area contributed by atoms with Gasteiger partial charge in [0.05, 0.1) is 23.7 Å². The van der Waals surface area contributed by atoms with Crippen LogP contribution in [0, 0.1) is 0 Å². The Morgan fingerprint density at radius 3 is 2.51 bits per heavy atom. The molecule has 0 unspecified atom stereocenters. The zero-order valence-corrected chi connectivity index (χ0v) is 19.5. The number of nitrogens with zero attached hydrogens (tertiary/aromatic N) is 3. The Morgan fingerprint density at radius 2 is 1.74 bits per heavy atom. The van der Waals surface area contributed by atoms with E-state index in [1.807, 2.05) is 56.3 Å². The van der Waals surface area contributed by atoms with E-state index in [0.29, 0.717) is 46.8 Å². The molecule has 0 atom stereocenters. The minimum absolute atomic E-state index is 0.232. The third kappa shape index (κ3) is 5.70. The molecule has 0 aliphatic rings. The number of aromatic nitrogens is 2. The van der Waals surface area contributed by atoms with Crippen LogP contribution in [0.15, 0.2) is 88.8 Å². The van der Waals surface area contributed by atoms with Crippen LogP contribution in [0.2, 0.25) is 0 Å². The summed E-state index contributed by atoms with van der Waals surface area (Å²) in [6.07, 6.45) is 5.16. The summed E-state index contributed by atoms with van der Waals surface area (Å²) in [7, 11) is 0. The molecule has 0 bridgehead atoms. The van der Waals surface area contributed by atoms with Crippen LogP contribution in [0.5, 0.6) is 11.5 Å². The number of hydrogen-bond donors (Lipinski definition) is 0. The molecule has 4 rings (SSSR count). The Hall–Kier alpha value is -4.52. The first-order chi connectivity index (χ1) is 17.1. The minimum Gasteiger partial charge on any atom is -0.490 e. The Bertz CT molecular complexity index is 1460. The predicted molar refractivity (Wildman–Crippen MR) is 137 cm³/mol. The number of benzene rings is 3. The SMILES string of the molecule is CCOc1cc(/C=N\n2c(CC)nc3ccccc3c2=O)ccc1OC(=O)/C=C/c1ccccc1. The lowest BCUT2D eigenvalue weighted by molar-refractivity contribution is -0.129. The molecule has 3 aromatic carbocycles. The van der Waals surface area contributed by atoms with E-state index >= 15 is 0 Å². The predicted octanol–water partition coefficient (Wildman–Crippen LogP) is 4.86. The van der Waals surface area contributed by atoms with Crippen molar-refractivity contribution >= 4 is 29.2 Å². The number of aryl methyl sites for hydroxylation is 1. The average Bonchev–Trinajstić information content (AvgIpc) is 2.89. The normalized spacial score (nSPS) is 11.4.